The molecule has 1 aromatic carbocycles. The second kappa shape index (κ2) is 4.05. The van der Waals surface area contributed by atoms with Gasteiger partial charge in [-0.25, -0.2) is 0 Å². The maximum absolute atomic E-state index is 11.6. The fourth-order valence-electron chi connectivity index (χ4n) is 1.96. The Bertz CT molecular complexity index is 417. The van der Waals surface area contributed by atoms with Gasteiger partial charge >= 0.3 is 0 Å². The first-order chi connectivity index (χ1) is 6.91. The second-order valence-corrected chi connectivity index (χ2v) is 3.96. The molecule has 82 valence electrons. The molecule has 0 saturated carbocycles. The summed E-state index contributed by atoms with van der Waals surface area (Å²) in [6.07, 6.45) is 0. The summed E-state index contributed by atoms with van der Waals surface area (Å²) in [4.78, 5) is 11.6. The molecule has 0 heterocycles. The molecule has 0 aromatic heterocycles. The van der Waals surface area contributed by atoms with Crippen LogP contribution in [0.15, 0.2) is 0 Å². The summed E-state index contributed by atoms with van der Waals surface area (Å²) in [5.41, 5.74) is 5.19. The Kier molecular flexibility index (Phi) is 3.18. The number of carbonyl (C=O) groups excluding carboxylic acids is 1. The highest BCUT2D eigenvalue weighted by Gasteiger charge is 2.18. The van der Waals surface area contributed by atoms with Gasteiger partial charge < -0.3 is 4.74 Å². The summed E-state index contributed by atoms with van der Waals surface area (Å²) >= 11 is 0. The predicted octanol–water partition coefficient (Wildman–Crippen LogP) is 3.13. The van der Waals surface area contributed by atoms with Crippen LogP contribution >= 0.6 is 0 Å². The van der Waals surface area contributed by atoms with Gasteiger partial charge in [0.15, 0.2) is 5.78 Å². The minimum absolute atomic E-state index is 0.0653. The number of ether oxygens (including phenoxy) is 1. The van der Waals surface area contributed by atoms with E-state index >= 15 is 0 Å². The van der Waals surface area contributed by atoms with E-state index in [1.165, 1.54) is 11.1 Å². The van der Waals surface area contributed by atoms with Crippen molar-refractivity contribution in [1.29, 1.82) is 0 Å². The van der Waals surface area contributed by atoms with Crippen LogP contribution in [0.5, 0.6) is 5.75 Å². The topological polar surface area (TPSA) is 26.3 Å². The summed E-state index contributed by atoms with van der Waals surface area (Å²) in [5.74, 6) is 0.790. The third kappa shape index (κ3) is 1.76. The number of rotatable bonds is 2. The number of hydrogen-bond acceptors (Lipinski definition) is 2. The van der Waals surface area contributed by atoms with Gasteiger partial charge in [0.2, 0.25) is 0 Å². The molecule has 15 heavy (non-hydrogen) atoms. The molecule has 1 rings (SSSR count). The minimum atomic E-state index is 0.0653. The van der Waals surface area contributed by atoms with Gasteiger partial charge in [0.25, 0.3) is 0 Å². The molecule has 0 spiro atoms. The standard InChI is InChI=1S/C13H18O2/c1-7-8(2)10(4)13(15-6)12(9(7)3)11(5)14/h1-6H3. The lowest BCUT2D eigenvalue weighted by Crippen LogP contribution is -2.06. The van der Waals surface area contributed by atoms with Crippen molar-refractivity contribution in [2.75, 3.05) is 7.11 Å². The largest absolute Gasteiger partial charge is 0.496 e. The van der Waals surface area contributed by atoms with E-state index in [0.717, 1.165) is 22.4 Å². The summed E-state index contributed by atoms with van der Waals surface area (Å²) < 4.78 is 5.33. The van der Waals surface area contributed by atoms with Gasteiger partial charge in [0, 0.05) is 0 Å². The van der Waals surface area contributed by atoms with Crippen LogP contribution in [0, 0.1) is 27.7 Å². The van der Waals surface area contributed by atoms with E-state index in [1.807, 2.05) is 20.8 Å². The van der Waals surface area contributed by atoms with Crippen LogP contribution in [0.25, 0.3) is 0 Å². The van der Waals surface area contributed by atoms with E-state index in [1.54, 1.807) is 14.0 Å². The highest BCUT2D eigenvalue weighted by Crippen LogP contribution is 2.32. The van der Waals surface area contributed by atoms with E-state index < -0.39 is 0 Å². The predicted molar refractivity (Wildman–Crippen MR) is 61.9 cm³/mol. The zero-order chi connectivity index (χ0) is 11.7. The van der Waals surface area contributed by atoms with Crippen molar-refractivity contribution in [2.24, 2.45) is 0 Å². The molecule has 2 heteroatoms. The molecule has 0 amide bonds. The van der Waals surface area contributed by atoms with Crippen molar-refractivity contribution in [2.45, 2.75) is 34.6 Å². The van der Waals surface area contributed by atoms with Crippen molar-refractivity contribution in [3.63, 3.8) is 0 Å². The average Bonchev–Trinajstić information content (AvgIpc) is 2.19. The van der Waals surface area contributed by atoms with Gasteiger partial charge in [-0.15, -0.1) is 0 Å². The third-order valence-corrected chi connectivity index (χ3v) is 3.19. The molecule has 0 aliphatic rings. The van der Waals surface area contributed by atoms with Crippen LogP contribution in [0.2, 0.25) is 0 Å². The van der Waals surface area contributed by atoms with Crippen molar-refractivity contribution in [3.8, 4) is 5.75 Å². The van der Waals surface area contributed by atoms with Crippen molar-refractivity contribution >= 4 is 5.78 Å². The maximum Gasteiger partial charge on any atom is 0.163 e. The Morgan fingerprint density at radius 1 is 0.933 bits per heavy atom. The van der Waals surface area contributed by atoms with Crippen LogP contribution in [0.4, 0.5) is 0 Å². The van der Waals surface area contributed by atoms with Gasteiger partial charge in [-0.2, -0.15) is 0 Å². The molecular formula is C13H18O2. The Balaban J connectivity index is 3.70. The van der Waals surface area contributed by atoms with Crippen LogP contribution < -0.4 is 4.74 Å². The highest BCUT2D eigenvalue weighted by molar-refractivity contribution is 5.99. The van der Waals surface area contributed by atoms with Gasteiger partial charge in [0.05, 0.1) is 12.7 Å². The molecule has 1 aromatic rings. The lowest BCUT2D eigenvalue weighted by Gasteiger charge is -2.17. The zero-order valence-corrected chi connectivity index (χ0v) is 10.3. The van der Waals surface area contributed by atoms with Crippen molar-refractivity contribution in [3.05, 3.63) is 27.8 Å². The molecule has 0 fully saturated rings. The van der Waals surface area contributed by atoms with Crippen LogP contribution in [-0.2, 0) is 0 Å². The Morgan fingerprint density at radius 2 is 1.40 bits per heavy atom. The Hall–Kier alpha value is -1.31. The van der Waals surface area contributed by atoms with Gasteiger partial charge in [0.1, 0.15) is 5.75 Å². The molecule has 0 N–H and O–H groups in total. The molecule has 2 nitrogen and oxygen atoms in total. The molecule has 0 bridgehead atoms. The average molecular weight is 206 g/mol. The molecule has 0 radical (unpaired) electrons. The van der Waals surface area contributed by atoms with Gasteiger partial charge in [-0.05, 0) is 56.9 Å². The van der Waals surface area contributed by atoms with E-state index in [0.29, 0.717) is 0 Å². The quantitative estimate of drug-likeness (QED) is 0.695. The lowest BCUT2D eigenvalue weighted by atomic mass is 9.91. The molecule has 0 aliphatic heterocycles. The molecular weight excluding hydrogens is 188 g/mol. The Morgan fingerprint density at radius 3 is 1.80 bits per heavy atom. The van der Waals surface area contributed by atoms with Crippen molar-refractivity contribution in [1.82, 2.24) is 0 Å². The molecule has 0 saturated heterocycles. The van der Waals surface area contributed by atoms with Crippen LogP contribution in [-0.4, -0.2) is 12.9 Å². The zero-order valence-electron chi connectivity index (χ0n) is 10.3. The summed E-state index contributed by atoms with van der Waals surface area (Å²) in [6, 6.07) is 0. The number of ketones is 1. The smallest absolute Gasteiger partial charge is 0.163 e. The fourth-order valence-corrected chi connectivity index (χ4v) is 1.96. The fraction of sp³-hybridized carbons (Fsp3) is 0.462. The first kappa shape index (κ1) is 11.8. The highest BCUT2D eigenvalue weighted by atomic mass is 16.5. The molecule has 0 aliphatic carbocycles. The normalized spacial score (nSPS) is 10.3. The number of Topliss-reactive ketones (excluding diaryl/α,β-unsaturated/α-hetero) is 1. The number of benzene rings is 1. The summed E-state index contributed by atoms with van der Waals surface area (Å²) in [6.45, 7) is 9.65. The molecule has 0 atom stereocenters. The molecule has 0 unspecified atom stereocenters. The van der Waals surface area contributed by atoms with Crippen molar-refractivity contribution < 1.29 is 9.53 Å². The van der Waals surface area contributed by atoms with E-state index in [4.69, 9.17) is 4.74 Å². The Labute approximate surface area is 91.3 Å². The lowest BCUT2D eigenvalue weighted by molar-refractivity contribution is 0.101. The number of methoxy groups -OCH3 is 1. The minimum Gasteiger partial charge on any atom is -0.496 e. The monoisotopic (exact) mass is 206 g/mol. The summed E-state index contributed by atoms with van der Waals surface area (Å²) in [5, 5.41) is 0. The van der Waals surface area contributed by atoms with Gasteiger partial charge in [-0.3, -0.25) is 4.79 Å². The van der Waals surface area contributed by atoms with E-state index in [9.17, 15) is 4.79 Å². The van der Waals surface area contributed by atoms with Crippen LogP contribution in [0.1, 0.15) is 39.5 Å². The maximum atomic E-state index is 11.6. The third-order valence-electron chi connectivity index (χ3n) is 3.19. The number of carbonyl (C=O) groups is 1. The van der Waals surface area contributed by atoms with Crippen LogP contribution in [0.3, 0.4) is 0 Å². The first-order valence-corrected chi connectivity index (χ1v) is 5.07. The van der Waals surface area contributed by atoms with E-state index in [2.05, 4.69) is 6.92 Å². The number of hydrogen-bond donors (Lipinski definition) is 0. The second-order valence-electron chi connectivity index (χ2n) is 3.96. The van der Waals surface area contributed by atoms with E-state index in [-0.39, 0.29) is 5.78 Å². The summed E-state index contributed by atoms with van der Waals surface area (Å²) in [7, 11) is 1.61. The first-order valence-electron chi connectivity index (χ1n) is 5.07. The SMILES string of the molecule is COc1c(C)c(C)c(C)c(C)c1C(C)=O. The van der Waals surface area contributed by atoms with Gasteiger partial charge in [-0.1, -0.05) is 0 Å².